The second-order valence-electron chi connectivity index (χ2n) is 11.2. The van der Waals surface area contributed by atoms with Crippen molar-refractivity contribution in [2.45, 2.75) is 20.8 Å². The number of nitrogens with one attached hydrogen (secondary N) is 3. The SMILES string of the molecule is Cc1ccc(C)c(Nc2nc(O)nc(Nc3ccc(C)c(Nc4ccc5c6c(cc(=O)n5C)-c5ccccc5C(=O)c46)c3)n2)c1. The lowest BCUT2D eigenvalue weighted by atomic mass is 9.83. The minimum absolute atomic E-state index is 0.110. The number of carbonyl (C=O) groups is 1. The molecule has 1 aliphatic rings. The van der Waals surface area contributed by atoms with Crippen LogP contribution < -0.4 is 21.5 Å². The largest absolute Gasteiger partial charge is 0.479 e. The number of pyridine rings is 1. The minimum atomic E-state index is -0.426. The molecular formula is C35H29N7O3. The zero-order chi connectivity index (χ0) is 31.4. The summed E-state index contributed by atoms with van der Waals surface area (Å²) in [6.45, 7) is 5.93. The highest BCUT2D eigenvalue weighted by molar-refractivity contribution is 6.28. The van der Waals surface area contributed by atoms with E-state index in [-0.39, 0.29) is 23.2 Å². The number of hydrogen-bond acceptors (Lipinski definition) is 9. The minimum Gasteiger partial charge on any atom is -0.479 e. The van der Waals surface area contributed by atoms with Gasteiger partial charge in [-0.2, -0.15) is 15.0 Å². The Bertz CT molecular complexity index is 2260. The molecule has 0 spiro atoms. The molecule has 4 N–H and O–H groups in total. The van der Waals surface area contributed by atoms with E-state index in [4.69, 9.17) is 0 Å². The molecule has 0 fully saturated rings. The van der Waals surface area contributed by atoms with Crippen LogP contribution in [-0.2, 0) is 7.05 Å². The lowest BCUT2D eigenvalue weighted by Gasteiger charge is -2.24. The standard InChI is InChI=1S/C35H29N7O3/c1-18-9-10-19(2)26(15-18)38-34-39-33(40-35(45)41-34)36-21-12-11-20(3)27(16-21)37-25-13-14-28-30-24(17-29(43)42(28)4)22-7-5-6-8-23(22)32(44)31(25)30/h5-17,37H,1-4H3,(H3,36,38,39,40,41,45). The molecule has 2 heterocycles. The number of aromatic nitrogens is 4. The normalized spacial score (nSPS) is 11.8. The molecule has 7 rings (SSSR count). The van der Waals surface area contributed by atoms with Crippen LogP contribution in [0.25, 0.3) is 22.0 Å². The third-order valence-electron chi connectivity index (χ3n) is 8.13. The Morgan fingerprint density at radius 1 is 0.667 bits per heavy atom. The Morgan fingerprint density at radius 3 is 2.13 bits per heavy atom. The van der Waals surface area contributed by atoms with Crippen molar-refractivity contribution in [1.82, 2.24) is 19.5 Å². The fraction of sp³-hybridized carbons (Fsp3) is 0.114. The summed E-state index contributed by atoms with van der Waals surface area (Å²) < 4.78 is 1.57. The van der Waals surface area contributed by atoms with Gasteiger partial charge >= 0.3 is 6.01 Å². The molecule has 0 unspecified atom stereocenters. The van der Waals surface area contributed by atoms with Crippen molar-refractivity contribution in [3.8, 4) is 17.1 Å². The van der Waals surface area contributed by atoms with E-state index >= 15 is 0 Å². The van der Waals surface area contributed by atoms with Gasteiger partial charge < -0.3 is 25.6 Å². The van der Waals surface area contributed by atoms with E-state index in [1.54, 1.807) is 23.7 Å². The van der Waals surface area contributed by atoms with Crippen LogP contribution in [0.5, 0.6) is 6.01 Å². The third-order valence-corrected chi connectivity index (χ3v) is 8.13. The van der Waals surface area contributed by atoms with Gasteiger partial charge in [-0.3, -0.25) is 9.59 Å². The highest BCUT2D eigenvalue weighted by Gasteiger charge is 2.29. The van der Waals surface area contributed by atoms with Crippen LogP contribution in [0.4, 0.5) is 34.6 Å². The number of nitrogens with zero attached hydrogens (tertiary/aromatic N) is 4. The quantitative estimate of drug-likeness (QED) is 0.164. The first-order valence-corrected chi connectivity index (χ1v) is 14.4. The topological polar surface area (TPSA) is 134 Å². The Morgan fingerprint density at radius 2 is 1.36 bits per heavy atom. The van der Waals surface area contributed by atoms with E-state index in [1.165, 1.54) is 0 Å². The van der Waals surface area contributed by atoms with Gasteiger partial charge in [-0.1, -0.05) is 42.5 Å². The zero-order valence-electron chi connectivity index (χ0n) is 25.1. The average Bonchev–Trinajstić information content (AvgIpc) is 3.01. The number of fused-ring (bicyclic) bond motifs is 2. The highest BCUT2D eigenvalue weighted by Crippen LogP contribution is 2.42. The summed E-state index contributed by atoms with van der Waals surface area (Å²) >= 11 is 0. The molecule has 10 nitrogen and oxygen atoms in total. The summed E-state index contributed by atoms with van der Waals surface area (Å²) in [5, 5.41) is 20.8. The van der Waals surface area contributed by atoms with Crippen molar-refractivity contribution in [2.75, 3.05) is 16.0 Å². The average molecular weight is 596 g/mol. The molecule has 6 aromatic rings. The molecule has 0 saturated heterocycles. The van der Waals surface area contributed by atoms with Gasteiger partial charge in [0, 0.05) is 41.1 Å². The van der Waals surface area contributed by atoms with Crippen LogP contribution in [0.2, 0.25) is 0 Å². The Hall–Kier alpha value is -6.03. The van der Waals surface area contributed by atoms with Crippen molar-refractivity contribution in [3.63, 3.8) is 0 Å². The fourth-order valence-electron chi connectivity index (χ4n) is 5.73. The Balaban J connectivity index is 1.25. The maximum Gasteiger partial charge on any atom is 0.320 e. The number of aromatic hydroxyl groups is 1. The monoisotopic (exact) mass is 595 g/mol. The molecule has 4 aromatic carbocycles. The number of ketones is 1. The van der Waals surface area contributed by atoms with Crippen molar-refractivity contribution in [1.29, 1.82) is 0 Å². The van der Waals surface area contributed by atoms with E-state index < -0.39 is 6.01 Å². The third kappa shape index (κ3) is 4.92. The van der Waals surface area contributed by atoms with Gasteiger partial charge in [0.2, 0.25) is 11.9 Å². The lowest BCUT2D eigenvalue weighted by molar-refractivity contribution is 0.104. The van der Waals surface area contributed by atoms with E-state index in [0.29, 0.717) is 28.0 Å². The van der Waals surface area contributed by atoms with Gasteiger partial charge in [0.25, 0.3) is 5.56 Å². The summed E-state index contributed by atoms with van der Waals surface area (Å²) in [6.07, 6.45) is 0. The van der Waals surface area contributed by atoms with Gasteiger partial charge in [0.05, 0.1) is 16.8 Å². The van der Waals surface area contributed by atoms with E-state index in [2.05, 4.69) is 30.9 Å². The van der Waals surface area contributed by atoms with Crippen LogP contribution in [0, 0.1) is 20.8 Å². The predicted octanol–water partition coefficient (Wildman–Crippen LogP) is 6.80. The summed E-state index contributed by atoms with van der Waals surface area (Å²) in [4.78, 5) is 39.3. The number of aryl methyl sites for hydroxylation is 4. The van der Waals surface area contributed by atoms with Crippen LogP contribution in [0.1, 0.15) is 32.6 Å². The molecule has 0 atom stereocenters. The van der Waals surface area contributed by atoms with Crippen molar-refractivity contribution < 1.29 is 9.90 Å². The van der Waals surface area contributed by atoms with E-state index in [0.717, 1.165) is 44.6 Å². The van der Waals surface area contributed by atoms with Gasteiger partial charge in [0.15, 0.2) is 5.78 Å². The Kier molecular flexibility index (Phi) is 6.54. The molecule has 10 heteroatoms. The number of hydrogen-bond donors (Lipinski definition) is 4. The maximum absolute atomic E-state index is 13.9. The smallest absolute Gasteiger partial charge is 0.320 e. The van der Waals surface area contributed by atoms with Crippen LogP contribution in [-0.4, -0.2) is 30.4 Å². The van der Waals surface area contributed by atoms with Crippen LogP contribution in [0.3, 0.4) is 0 Å². The first-order chi connectivity index (χ1) is 21.7. The molecule has 1 aliphatic carbocycles. The van der Waals surface area contributed by atoms with Gasteiger partial charge in [-0.15, -0.1) is 0 Å². The first-order valence-electron chi connectivity index (χ1n) is 14.4. The van der Waals surface area contributed by atoms with Gasteiger partial charge in [-0.05, 0) is 78.9 Å². The number of rotatable bonds is 6. The Labute approximate surface area is 258 Å². The zero-order valence-corrected chi connectivity index (χ0v) is 25.1. The second kappa shape index (κ2) is 10.6. The van der Waals surface area contributed by atoms with Gasteiger partial charge in [-0.25, -0.2) is 0 Å². The first kappa shape index (κ1) is 27.8. The molecule has 0 amide bonds. The fourth-order valence-corrected chi connectivity index (χ4v) is 5.73. The number of carbonyl (C=O) groups excluding carboxylic acids is 1. The molecule has 0 aliphatic heterocycles. The second-order valence-corrected chi connectivity index (χ2v) is 11.2. The van der Waals surface area contributed by atoms with Gasteiger partial charge in [0.1, 0.15) is 0 Å². The van der Waals surface area contributed by atoms with Crippen LogP contribution in [0.15, 0.2) is 83.7 Å². The molecule has 0 saturated carbocycles. The van der Waals surface area contributed by atoms with Crippen molar-refractivity contribution >= 4 is 51.3 Å². The highest BCUT2D eigenvalue weighted by atomic mass is 16.3. The predicted molar refractivity (Wildman–Crippen MR) is 176 cm³/mol. The summed E-state index contributed by atoms with van der Waals surface area (Å²) in [5.74, 6) is 0.244. The summed E-state index contributed by atoms with van der Waals surface area (Å²) in [6, 6.07) is 23.9. The molecule has 45 heavy (non-hydrogen) atoms. The van der Waals surface area contributed by atoms with E-state index in [9.17, 15) is 14.7 Å². The maximum atomic E-state index is 13.9. The molecule has 222 valence electrons. The lowest BCUT2D eigenvalue weighted by Crippen LogP contribution is -2.21. The van der Waals surface area contributed by atoms with E-state index in [1.807, 2.05) is 87.5 Å². The van der Waals surface area contributed by atoms with Crippen molar-refractivity contribution in [3.05, 3.63) is 117 Å². The summed E-state index contributed by atoms with van der Waals surface area (Å²) in [7, 11) is 1.71. The summed E-state index contributed by atoms with van der Waals surface area (Å²) in [5.41, 5.74) is 8.99. The van der Waals surface area contributed by atoms with Crippen LogP contribution >= 0.6 is 0 Å². The molecule has 2 aromatic heterocycles. The molecule has 0 radical (unpaired) electrons. The molecule has 0 bridgehead atoms. The molecular weight excluding hydrogens is 566 g/mol. The van der Waals surface area contributed by atoms with Crippen molar-refractivity contribution in [2.24, 2.45) is 7.05 Å². The number of benzene rings is 4. The number of anilines is 6.